The molecule has 1 atom stereocenters. The summed E-state index contributed by atoms with van der Waals surface area (Å²) in [5.41, 5.74) is -0.323. The summed E-state index contributed by atoms with van der Waals surface area (Å²) in [4.78, 5) is 0. The van der Waals surface area contributed by atoms with Crippen LogP contribution < -0.4 is 0 Å². The van der Waals surface area contributed by atoms with Crippen molar-refractivity contribution in [2.24, 2.45) is 5.41 Å². The van der Waals surface area contributed by atoms with Gasteiger partial charge in [0, 0.05) is 6.61 Å². The van der Waals surface area contributed by atoms with Crippen LogP contribution in [-0.4, -0.2) is 22.4 Å². The highest BCUT2D eigenvalue weighted by molar-refractivity contribution is 4.87. The summed E-state index contributed by atoms with van der Waals surface area (Å²) < 4.78 is 0. The molecule has 0 aliphatic carbocycles. The predicted molar refractivity (Wildman–Crippen MR) is 88.0 cm³/mol. The van der Waals surface area contributed by atoms with Crippen molar-refractivity contribution in [1.29, 1.82) is 0 Å². The first kappa shape index (κ1) is 19.9. The van der Waals surface area contributed by atoms with Crippen molar-refractivity contribution in [2.75, 3.05) is 6.61 Å². The quantitative estimate of drug-likeness (QED) is 0.464. The highest BCUT2D eigenvalue weighted by Crippen LogP contribution is 2.41. The fourth-order valence-electron chi connectivity index (χ4n) is 3.64. The van der Waals surface area contributed by atoms with Crippen LogP contribution in [0.3, 0.4) is 0 Å². The largest absolute Gasteiger partial charge is 0.396 e. The Kier molecular flexibility index (Phi) is 10.6. The van der Waals surface area contributed by atoms with Gasteiger partial charge in [0.15, 0.2) is 0 Å². The van der Waals surface area contributed by atoms with Crippen molar-refractivity contribution in [3.05, 3.63) is 0 Å². The lowest BCUT2D eigenvalue weighted by Crippen LogP contribution is -2.36. The van der Waals surface area contributed by atoms with E-state index in [2.05, 4.69) is 27.7 Å². The molecular weight excluding hydrogens is 248 g/mol. The van der Waals surface area contributed by atoms with Gasteiger partial charge in [-0.2, -0.15) is 0 Å². The second-order valence-corrected chi connectivity index (χ2v) is 7.00. The lowest BCUT2D eigenvalue weighted by Gasteiger charge is -2.39. The third-order valence-electron chi connectivity index (χ3n) is 4.51. The summed E-state index contributed by atoms with van der Waals surface area (Å²) in [6, 6.07) is 0. The molecule has 0 aliphatic heterocycles. The van der Waals surface area contributed by atoms with Gasteiger partial charge in [0.05, 0.1) is 5.60 Å². The van der Waals surface area contributed by atoms with Gasteiger partial charge in [0.2, 0.25) is 0 Å². The van der Waals surface area contributed by atoms with Crippen molar-refractivity contribution >= 4 is 0 Å². The Labute approximate surface area is 127 Å². The Hall–Kier alpha value is -0.0800. The molecule has 0 aromatic rings. The second kappa shape index (κ2) is 10.6. The summed E-state index contributed by atoms with van der Waals surface area (Å²) in [6.07, 6.45) is 11.6. The summed E-state index contributed by atoms with van der Waals surface area (Å²) in [5, 5.41) is 20.1. The molecular formula is C18H38O2. The first-order valence-corrected chi connectivity index (χ1v) is 8.78. The zero-order valence-corrected chi connectivity index (χ0v) is 14.4. The average Bonchev–Trinajstić information content (AvgIpc) is 2.37. The lowest BCUT2D eigenvalue weighted by atomic mass is 9.70. The van der Waals surface area contributed by atoms with E-state index in [0.29, 0.717) is 0 Å². The van der Waals surface area contributed by atoms with Crippen LogP contribution in [-0.2, 0) is 0 Å². The predicted octanol–water partition coefficient (Wildman–Crippen LogP) is 5.07. The van der Waals surface area contributed by atoms with Crippen LogP contribution in [0.5, 0.6) is 0 Å². The molecule has 0 saturated heterocycles. The first-order valence-electron chi connectivity index (χ1n) is 8.78. The minimum atomic E-state index is -0.500. The van der Waals surface area contributed by atoms with Crippen LogP contribution in [0.1, 0.15) is 98.3 Å². The van der Waals surface area contributed by atoms with Gasteiger partial charge in [-0.15, -0.1) is 0 Å². The van der Waals surface area contributed by atoms with Gasteiger partial charge >= 0.3 is 0 Å². The zero-order valence-electron chi connectivity index (χ0n) is 14.4. The zero-order chi connectivity index (χ0) is 15.5. The van der Waals surface area contributed by atoms with E-state index in [0.717, 1.165) is 44.9 Å². The molecule has 0 spiro atoms. The van der Waals surface area contributed by atoms with E-state index in [4.69, 9.17) is 5.11 Å². The third kappa shape index (κ3) is 8.26. The Morgan fingerprint density at radius 3 is 1.75 bits per heavy atom. The monoisotopic (exact) mass is 286 g/mol. The summed E-state index contributed by atoms with van der Waals surface area (Å²) >= 11 is 0. The molecule has 0 aliphatic rings. The van der Waals surface area contributed by atoms with Crippen molar-refractivity contribution in [2.45, 2.75) is 104 Å². The molecule has 2 heteroatoms. The summed E-state index contributed by atoms with van der Waals surface area (Å²) in [5.74, 6) is 0. The average molecular weight is 286 g/mol. The number of unbranched alkanes of at least 4 members (excludes halogenated alkanes) is 2. The van der Waals surface area contributed by atoms with Crippen molar-refractivity contribution < 1.29 is 10.2 Å². The molecule has 1 unspecified atom stereocenters. The summed E-state index contributed by atoms with van der Waals surface area (Å²) in [7, 11) is 0. The molecule has 2 N–H and O–H groups in total. The van der Waals surface area contributed by atoms with E-state index in [1.807, 2.05) is 0 Å². The number of aliphatic hydroxyl groups is 2. The van der Waals surface area contributed by atoms with Crippen LogP contribution in [0.25, 0.3) is 0 Å². The summed E-state index contributed by atoms with van der Waals surface area (Å²) in [6.45, 7) is 9.12. The van der Waals surface area contributed by atoms with E-state index < -0.39 is 5.60 Å². The van der Waals surface area contributed by atoms with Crippen LogP contribution >= 0.6 is 0 Å². The van der Waals surface area contributed by atoms with Crippen LogP contribution in [0, 0.1) is 5.41 Å². The topological polar surface area (TPSA) is 40.5 Å². The third-order valence-corrected chi connectivity index (χ3v) is 4.51. The highest BCUT2D eigenvalue weighted by atomic mass is 16.3. The lowest BCUT2D eigenvalue weighted by molar-refractivity contribution is -0.0285. The van der Waals surface area contributed by atoms with E-state index in [-0.39, 0.29) is 12.0 Å². The minimum absolute atomic E-state index is 0.178. The fourth-order valence-corrected chi connectivity index (χ4v) is 3.64. The molecule has 0 aromatic carbocycles. The first-order chi connectivity index (χ1) is 9.45. The molecule has 0 aromatic heterocycles. The highest BCUT2D eigenvalue weighted by Gasteiger charge is 2.35. The Balaban J connectivity index is 4.71. The van der Waals surface area contributed by atoms with Crippen LogP contribution in [0.2, 0.25) is 0 Å². The molecule has 122 valence electrons. The van der Waals surface area contributed by atoms with Crippen molar-refractivity contribution in [3.8, 4) is 0 Å². The van der Waals surface area contributed by atoms with Gasteiger partial charge in [-0.3, -0.25) is 0 Å². The fraction of sp³-hybridized carbons (Fsp3) is 1.00. The maximum Gasteiger partial charge on any atom is 0.0652 e. The molecule has 0 saturated carbocycles. The van der Waals surface area contributed by atoms with Gasteiger partial charge in [-0.05, 0) is 43.9 Å². The molecule has 0 radical (unpaired) electrons. The Morgan fingerprint density at radius 2 is 1.30 bits per heavy atom. The second-order valence-electron chi connectivity index (χ2n) is 7.00. The Bertz CT molecular complexity index is 221. The number of rotatable bonds is 13. The van der Waals surface area contributed by atoms with E-state index in [9.17, 15) is 5.11 Å². The number of hydrogen-bond donors (Lipinski definition) is 2. The van der Waals surface area contributed by atoms with Gasteiger partial charge in [-0.1, -0.05) is 59.8 Å². The van der Waals surface area contributed by atoms with Gasteiger partial charge < -0.3 is 10.2 Å². The molecule has 20 heavy (non-hydrogen) atoms. The smallest absolute Gasteiger partial charge is 0.0652 e. The van der Waals surface area contributed by atoms with Crippen molar-refractivity contribution in [3.63, 3.8) is 0 Å². The van der Waals surface area contributed by atoms with E-state index in [1.165, 1.54) is 25.7 Å². The van der Waals surface area contributed by atoms with Gasteiger partial charge in [0.1, 0.15) is 0 Å². The van der Waals surface area contributed by atoms with E-state index in [1.54, 1.807) is 0 Å². The standard InChI is InChI=1S/C18H38O2/c1-5-8-9-13-17(4,14-10-15-19)16-18(20,11-6-2)12-7-3/h19-20H,5-16H2,1-4H3. The maximum atomic E-state index is 10.9. The molecule has 0 bridgehead atoms. The van der Waals surface area contributed by atoms with Crippen molar-refractivity contribution in [1.82, 2.24) is 0 Å². The molecule has 2 nitrogen and oxygen atoms in total. The molecule has 0 rings (SSSR count). The number of aliphatic hydroxyl groups excluding tert-OH is 1. The van der Waals surface area contributed by atoms with E-state index >= 15 is 0 Å². The molecule has 0 fully saturated rings. The Morgan fingerprint density at radius 1 is 0.750 bits per heavy atom. The van der Waals surface area contributed by atoms with Gasteiger partial charge in [-0.25, -0.2) is 0 Å². The van der Waals surface area contributed by atoms with Crippen LogP contribution in [0.15, 0.2) is 0 Å². The molecule has 0 amide bonds. The molecule has 0 heterocycles. The van der Waals surface area contributed by atoms with Crippen LogP contribution in [0.4, 0.5) is 0 Å². The maximum absolute atomic E-state index is 10.9. The SMILES string of the molecule is CCCCCC(C)(CCCO)CC(O)(CCC)CCC. The number of hydrogen-bond acceptors (Lipinski definition) is 2. The normalized spacial score (nSPS) is 15.3. The minimum Gasteiger partial charge on any atom is -0.396 e. The van der Waals surface area contributed by atoms with Gasteiger partial charge in [0.25, 0.3) is 0 Å².